The number of para-hydroxylation sites is 2. The first kappa shape index (κ1) is 27.8. The Morgan fingerprint density at radius 2 is 0.816 bits per heavy atom. The van der Waals surface area contributed by atoms with Gasteiger partial charge in [-0.15, -0.1) is 0 Å². The molecule has 1 aliphatic heterocycles. The second kappa shape index (κ2) is 11.2. The van der Waals surface area contributed by atoms with Gasteiger partial charge in [0, 0.05) is 11.4 Å². The van der Waals surface area contributed by atoms with E-state index in [-0.39, 0.29) is 0 Å². The van der Waals surface area contributed by atoms with Gasteiger partial charge in [-0.2, -0.15) is 0 Å². The summed E-state index contributed by atoms with van der Waals surface area (Å²) < 4.78 is 0. The molecule has 1 aliphatic rings. The van der Waals surface area contributed by atoms with E-state index in [9.17, 15) is 0 Å². The molecule has 0 amide bonds. The van der Waals surface area contributed by atoms with Crippen LogP contribution in [0.5, 0.6) is 0 Å². The molecule has 0 N–H and O–H groups in total. The minimum atomic E-state index is 0.415. The van der Waals surface area contributed by atoms with Crippen molar-refractivity contribution in [2.75, 3.05) is 9.80 Å². The molecule has 200 valence electrons. The number of hydrogen-bond donors (Lipinski definition) is 0. The summed E-state index contributed by atoms with van der Waals surface area (Å²) in [5.41, 5.74) is 12.0. The topological polar surface area (TPSA) is 6.48 Å². The molecule has 2 nitrogen and oxygen atoms in total. The van der Waals surface area contributed by atoms with E-state index in [0.717, 1.165) is 0 Å². The minimum absolute atomic E-state index is 0.415. The van der Waals surface area contributed by atoms with Crippen LogP contribution in [0, 0.1) is 0 Å². The Balaban J connectivity index is 2.10. The van der Waals surface area contributed by atoms with Crippen molar-refractivity contribution in [3.63, 3.8) is 0 Å². The van der Waals surface area contributed by atoms with Crippen LogP contribution < -0.4 is 9.80 Å². The van der Waals surface area contributed by atoms with Gasteiger partial charge in [-0.3, -0.25) is 9.80 Å². The van der Waals surface area contributed by atoms with Gasteiger partial charge < -0.3 is 0 Å². The van der Waals surface area contributed by atoms with Crippen LogP contribution in [0.1, 0.15) is 121 Å². The van der Waals surface area contributed by atoms with Crippen LogP contribution in [0.4, 0.5) is 11.4 Å². The number of nitrogens with zero attached hydrogens (tertiary/aromatic N) is 2. The molecule has 1 heterocycles. The summed E-state index contributed by atoms with van der Waals surface area (Å²) in [6, 6.07) is 24.5. The smallest absolute Gasteiger partial charge is 0.122 e. The summed E-state index contributed by atoms with van der Waals surface area (Å²) >= 11 is 0. The van der Waals surface area contributed by atoms with E-state index in [2.05, 4.69) is 152 Å². The van der Waals surface area contributed by atoms with Crippen molar-refractivity contribution in [2.45, 2.75) is 92.9 Å². The van der Waals surface area contributed by atoms with Crippen LogP contribution in [0.2, 0.25) is 0 Å². The average Bonchev–Trinajstić information content (AvgIpc) is 3.12. The molecular weight excluding hydrogens is 460 g/mol. The highest BCUT2D eigenvalue weighted by atomic mass is 15.4. The van der Waals surface area contributed by atoms with Gasteiger partial charge >= 0.3 is 0 Å². The van der Waals surface area contributed by atoms with Crippen molar-refractivity contribution in [1.29, 1.82) is 0 Å². The average molecular weight is 507 g/mol. The van der Waals surface area contributed by atoms with E-state index in [1.807, 2.05) is 0 Å². The molecule has 0 bridgehead atoms. The summed E-state index contributed by atoms with van der Waals surface area (Å²) in [4.78, 5) is 5.10. The van der Waals surface area contributed by atoms with Gasteiger partial charge in [0.1, 0.15) is 5.82 Å². The van der Waals surface area contributed by atoms with Crippen LogP contribution in [0.3, 0.4) is 0 Å². The molecule has 0 aliphatic carbocycles. The molecule has 0 saturated heterocycles. The quantitative estimate of drug-likeness (QED) is 0.314. The zero-order valence-electron chi connectivity index (χ0n) is 25.1. The lowest BCUT2D eigenvalue weighted by atomic mass is 9.91. The van der Waals surface area contributed by atoms with Crippen molar-refractivity contribution in [2.24, 2.45) is 0 Å². The maximum absolute atomic E-state index is 2.55. The summed E-state index contributed by atoms with van der Waals surface area (Å²) in [6.45, 7) is 23.1. The number of benzene rings is 3. The van der Waals surface area contributed by atoms with Crippen molar-refractivity contribution in [1.82, 2.24) is 0 Å². The third-order valence-electron chi connectivity index (χ3n) is 7.88. The van der Waals surface area contributed by atoms with Gasteiger partial charge in [-0.05, 0) is 71.4 Å². The molecule has 0 radical (unpaired) electrons. The molecule has 0 fully saturated rings. The van der Waals surface area contributed by atoms with Crippen LogP contribution in [0.25, 0.3) is 6.08 Å². The van der Waals surface area contributed by atoms with Crippen molar-refractivity contribution >= 4 is 17.5 Å². The Morgan fingerprint density at radius 1 is 0.474 bits per heavy atom. The van der Waals surface area contributed by atoms with Crippen molar-refractivity contribution in [3.05, 3.63) is 112 Å². The van der Waals surface area contributed by atoms with E-state index in [0.29, 0.717) is 23.7 Å². The first-order chi connectivity index (χ1) is 18.0. The maximum Gasteiger partial charge on any atom is 0.122 e. The Hall–Kier alpha value is -3.26. The van der Waals surface area contributed by atoms with E-state index in [1.54, 1.807) is 0 Å². The number of allylic oxidation sites excluding steroid dienone is 2. The van der Waals surface area contributed by atoms with Gasteiger partial charge in [0.15, 0.2) is 0 Å². The predicted molar refractivity (Wildman–Crippen MR) is 167 cm³/mol. The van der Waals surface area contributed by atoms with Crippen LogP contribution in [-0.2, 0) is 0 Å². The molecule has 0 aromatic heterocycles. The second-order valence-electron chi connectivity index (χ2n) is 11.9. The largest absolute Gasteiger partial charge is 0.298 e. The molecule has 0 atom stereocenters. The SMILES string of the molecule is CC1=C(C)N(c2c(C(C)C)cccc2C(C)C)C(=Cc2ccccc2)N1c1c(C(C)C)cccc1C(C)C. The fourth-order valence-corrected chi connectivity index (χ4v) is 5.70. The maximum atomic E-state index is 2.55. The van der Waals surface area contributed by atoms with Gasteiger partial charge in [-0.1, -0.05) is 122 Å². The molecular formula is C36H46N2. The lowest BCUT2D eigenvalue weighted by Crippen LogP contribution is -2.28. The molecule has 4 rings (SSSR count). The lowest BCUT2D eigenvalue weighted by molar-refractivity contribution is 0.817. The van der Waals surface area contributed by atoms with Crippen molar-refractivity contribution < 1.29 is 0 Å². The predicted octanol–water partition coefficient (Wildman–Crippen LogP) is 10.8. The second-order valence-corrected chi connectivity index (χ2v) is 11.9. The summed E-state index contributed by atoms with van der Waals surface area (Å²) in [6.07, 6.45) is 2.38. The van der Waals surface area contributed by atoms with E-state index in [4.69, 9.17) is 0 Å². The first-order valence-electron chi connectivity index (χ1n) is 14.3. The van der Waals surface area contributed by atoms with Gasteiger partial charge in [0.2, 0.25) is 0 Å². The van der Waals surface area contributed by atoms with Crippen LogP contribution >= 0.6 is 0 Å². The third kappa shape index (κ3) is 5.06. The number of anilines is 2. The molecule has 0 unspecified atom stereocenters. The number of rotatable bonds is 7. The Morgan fingerprint density at radius 3 is 1.13 bits per heavy atom. The number of hydrogen-bond acceptors (Lipinski definition) is 2. The Kier molecular flexibility index (Phi) is 8.21. The molecule has 38 heavy (non-hydrogen) atoms. The van der Waals surface area contributed by atoms with E-state index < -0.39 is 0 Å². The Labute approximate surface area is 231 Å². The van der Waals surface area contributed by atoms with Gasteiger partial charge in [0.05, 0.1) is 11.4 Å². The summed E-state index contributed by atoms with van der Waals surface area (Å²) in [5.74, 6) is 2.86. The van der Waals surface area contributed by atoms with Crippen LogP contribution in [-0.4, -0.2) is 0 Å². The zero-order valence-corrected chi connectivity index (χ0v) is 25.1. The molecule has 0 spiro atoms. The van der Waals surface area contributed by atoms with Crippen molar-refractivity contribution in [3.8, 4) is 0 Å². The molecule has 3 aromatic carbocycles. The van der Waals surface area contributed by atoms with Crippen LogP contribution in [0.15, 0.2) is 83.9 Å². The highest BCUT2D eigenvalue weighted by molar-refractivity contribution is 5.84. The Bertz CT molecular complexity index is 1210. The summed E-state index contributed by atoms with van der Waals surface area (Å²) in [7, 11) is 0. The molecule has 0 saturated carbocycles. The van der Waals surface area contributed by atoms with E-state index in [1.165, 1.54) is 56.4 Å². The first-order valence-corrected chi connectivity index (χ1v) is 14.3. The lowest BCUT2D eigenvalue weighted by Gasteiger charge is -2.34. The monoisotopic (exact) mass is 506 g/mol. The summed E-state index contributed by atoms with van der Waals surface area (Å²) in [5, 5.41) is 0. The third-order valence-corrected chi connectivity index (χ3v) is 7.88. The normalized spacial score (nSPS) is 14.2. The van der Waals surface area contributed by atoms with E-state index >= 15 is 0 Å². The fraction of sp³-hybridized carbons (Fsp3) is 0.389. The molecule has 3 aromatic rings. The standard InChI is InChI=1S/C36H46N2/c1-23(2)30-18-14-19-31(24(3)4)35(30)37-27(9)28(10)38(34(37)22-29-16-12-11-13-17-29)36-32(25(5)6)20-15-21-33(36)26(7)8/h11-26H,1-10H3. The fourth-order valence-electron chi connectivity index (χ4n) is 5.70. The molecule has 2 heteroatoms. The zero-order chi connectivity index (χ0) is 27.7. The highest BCUT2D eigenvalue weighted by Gasteiger charge is 2.37. The van der Waals surface area contributed by atoms with Gasteiger partial charge in [0.25, 0.3) is 0 Å². The minimum Gasteiger partial charge on any atom is -0.298 e. The van der Waals surface area contributed by atoms with Gasteiger partial charge in [-0.25, -0.2) is 0 Å². The highest BCUT2D eigenvalue weighted by Crippen LogP contribution is 2.49.